The van der Waals surface area contributed by atoms with E-state index >= 15 is 0 Å². The number of nitrogens with one attached hydrogen (secondary N) is 1. The van der Waals surface area contributed by atoms with Gasteiger partial charge in [-0.15, -0.1) is 11.8 Å². The van der Waals surface area contributed by atoms with Crippen molar-refractivity contribution in [3.8, 4) is 17.2 Å². The molecule has 8 nitrogen and oxygen atoms in total. The number of nitro benzene ring substituents is 1. The highest BCUT2D eigenvalue weighted by Gasteiger charge is 2.44. The Morgan fingerprint density at radius 1 is 1.20 bits per heavy atom. The number of carbonyl (C=O) groups is 1. The quantitative estimate of drug-likeness (QED) is 0.509. The van der Waals surface area contributed by atoms with E-state index in [0.717, 1.165) is 31.2 Å². The van der Waals surface area contributed by atoms with Gasteiger partial charge in [-0.25, -0.2) is 0 Å². The van der Waals surface area contributed by atoms with Gasteiger partial charge in [0.25, 0.3) is 5.79 Å². The normalized spacial score (nSPS) is 15.9. The van der Waals surface area contributed by atoms with Crippen LogP contribution in [0, 0.1) is 10.1 Å². The lowest BCUT2D eigenvalue weighted by atomic mass is 10.2. The minimum atomic E-state index is -0.526. The Morgan fingerprint density at radius 3 is 2.70 bits per heavy atom. The number of amides is 1. The summed E-state index contributed by atoms with van der Waals surface area (Å²) in [5.74, 6) is 1.60. The zero-order valence-corrected chi connectivity index (χ0v) is 17.3. The molecule has 1 aliphatic heterocycles. The minimum absolute atomic E-state index is 0.0829. The van der Waals surface area contributed by atoms with E-state index in [4.69, 9.17) is 14.2 Å². The number of anilines is 1. The van der Waals surface area contributed by atoms with E-state index in [1.54, 1.807) is 24.3 Å². The molecule has 30 heavy (non-hydrogen) atoms. The number of methoxy groups -OCH3 is 1. The summed E-state index contributed by atoms with van der Waals surface area (Å²) in [6, 6.07) is 10.2. The molecule has 0 unspecified atom stereocenters. The van der Waals surface area contributed by atoms with E-state index in [2.05, 4.69) is 5.32 Å². The highest BCUT2D eigenvalue weighted by Crippen LogP contribution is 2.47. The van der Waals surface area contributed by atoms with Crippen LogP contribution in [-0.4, -0.2) is 29.5 Å². The van der Waals surface area contributed by atoms with E-state index in [0.29, 0.717) is 22.9 Å². The lowest BCUT2D eigenvalue weighted by Crippen LogP contribution is -2.34. The summed E-state index contributed by atoms with van der Waals surface area (Å²) in [5, 5.41) is 14.0. The van der Waals surface area contributed by atoms with Crippen molar-refractivity contribution >= 4 is 29.0 Å². The molecule has 2 aliphatic rings. The third kappa shape index (κ3) is 4.30. The Bertz CT molecular complexity index is 974. The fourth-order valence-electron chi connectivity index (χ4n) is 3.72. The molecule has 2 aromatic carbocycles. The number of carbonyl (C=O) groups excluding carboxylic acids is 1. The summed E-state index contributed by atoms with van der Waals surface area (Å²) in [6.07, 6.45) is 3.94. The van der Waals surface area contributed by atoms with Crippen molar-refractivity contribution < 1.29 is 23.9 Å². The monoisotopic (exact) mass is 430 g/mol. The first-order valence-corrected chi connectivity index (χ1v) is 10.8. The van der Waals surface area contributed by atoms with Crippen molar-refractivity contribution in [1.29, 1.82) is 0 Å². The fourth-order valence-corrected chi connectivity index (χ4v) is 4.49. The molecule has 0 radical (unpaired) electrons. The second kappa shape index (κ2) is 8.43. The van der Waals surface area contributed by atoms with Crippen molar-refractivity contribution in [1.82, 2.24) is 0 Å². The Kier molecular flexibility index (Phi) is 5.72. The summed E-state index contributed by atoms with van der Waals surface area (Å²) in [6.45, 7) is 0. The molecule has 1 heterocycles. The topological polar surface area (TPSA) is 99.9 Å². The van der Waals surface area contributed by atoms with E-state index in [1.807, 2.05) is 6.07 Å². The largest absolute Gasteiger partial charge is 0.490 e. The fraction of sp³-hybridized carbons (Fsp3) is 0.381. The minimum Gasteiger partial charge on any atom is -0.490 e. The molecule has 158 valence electrons. The predicted octanol–water partition coefficient (Wildman–Crippen LogP) is 4.52. The summed E-state index contributed by atoms with van der Waals surface area (Å²) < 4.78 is 17.0. The van der Waals surface area contributed by atoms with Crippen molar-refractivity contribution in [2.75, 3.05) is 18.2 Å². The smallest absolute Gasteiger partial charge is 0.311 e. The summed E-state index contributed by atoms with van der Waals surface area (Å²) in [5.41, 5.74) is 1.32. The third-order valence-corrected chi connectivity index (χ3v) is 6.13. The molecule has 1 amide bonds. The van der Waals surface area contributed by atoms with Gasteiger partial charge in [0.1, 0.15) is 0 Å². The number of benzene rings is 2. The molecule has 0 atom stereocenters. The van der Waals surface area contributed by atoms with Gasteiger partial charge in [0.05, 0.1) is 17.8 Å². The Hall–Kier alpha value is -2.94. The predicted molar refractivity (Wildman–Crippen MR) is 113 cm³/mol. The number of hydrogen-bond acceptors (Lipinski definition) is 7. The van der Waals surface area contributed by atoms with Crippen LogP contribution in [0.1, 0.15) is 31.2 Å². The molecule has 1 fully saturated rings. The molecule has 0 aromatic heterocycles. The van der Waals surface area contributed by atoms with Gasteiger partial charge in [-0.3, -0.25) is 14.9 Å². The van der Waals surface area contributed by atoms with Gasteiger partial charge >= 0.3 is 5.69 Å². The molecule has 1 N–H and O–H groups in total. The molecule has 1 spiro atoms. The number of nitrogens with zero attached hydrogens (tertiary/aromatic N) is 1. The van der Waals surface area contributed by atoms with Crippen LogP contribution < -0.4 is 19.5 Å². The highest BCUT2D eigenvalue weighted by molar-refractivity contribution is 7.99. The SMILES string of the molecule is COc1ccc(CSCC(=O)Nc2ccc3c(c2)OC2(CCCC2)O3)cc1[N+](=O)[O-]. The van der Waals surface area contributed by atoms with Gasteiger partial charge in [0.15, 0.2) is 17.2 Å². The van der Waals surface area contributed by atoms with Crippen LogP contribution in [0.25, 0.3) is 0 Å². The molecule has 2 aromatic rings. The van der Waals surface area contributed by atoms with Crippen LogP contribution in [0.4, 0.5) is 11.4 Å². The second-order valence-electron chi connectivity index (χ2n) is 7.29. The highest BCUT2D eigenvalue weighted by atomic mass is 32.2. The van der Waals surface area contributed by atoms with E-state index in [-0.39, 0.29) is 23.1 Å². The second-order valence-corrected chi connectivity index (χ2v) is 8.27. The molecule has 9 heteroatoms. The van der Waals surface area contributed by atoms with Gasteiger partial charge in [0.2, 0.25) is 5.91 Å². The molecule has 1 saturated carbocycles. The first-order valence-electron chi connectivity index (χ1n) is 9.69. The average Bonchev–Trinajstić information content (AvgIpc) is 3.33. The van der Waals surface area contributed by atoms with Crippen LogP contribution in [0.15, 0.2) is 36.4 Å². The van der Waals surface area contributed by atoms with Crippen LogP contribution in [0.2, 0.25) is 0 Å². The lowest BCUT2D eigenvalue weighted by Gasteiger charge is -2.21. The number of fused-ring (bicyclic) bond motifs is 1. The number of thioether (sulfide) groups is 1. The molecule has 1 aliphatic carbocycles. The standard InChI is InChI=1S/C21H22N2O6S/c1-27-17-6-4-14(10-16(17)23(25)26)12-30-13-20(24)22-15-5-7-18-19(11-15)29-21(28-18)8-2-3-9-21/h4-7,10-11H,2-3,8-9,12-13H2,1H3,(H,22,24). The van der Waals surface area contributed by atoms with Gasteiger partial charge < -0.3 is 19.5 Å². The van der Waals surface area contributed by atoms with Gasteiger partial charge in [0, 0.05) is 36.4 Å². The molecule has 0 bridgehead atoms. The van der Waals surface area contributed by atoms with E-state index < -0.39 is 10.7 Å². The van der Waals surface area contributed by atoms with Crippen LogP contribution in [0.3, 0.4) is 0 Å². The zero-order valence-electron chi connectivity index (χ0n) is 16.5. The summed E-state index contributed by atoms with van der Waals surface area (Å²) >= 11 is 1.38. The number of ether oxygens (including phenoxy) is 3. The molecular weight excluding hydrogens is 408 g/mol. The number of nitro groups is 1. The Morgan fingerprint density at radius 2 is 1.97 bits per heavy atom. The van der Waals surface area contributed by atoms with Crippen molar-refractivity contribution in [3.05, 3.63) is 52.1 Å². The first kappa shape index (κ1) is 20.3. The van der Waals surface area contributed by atoms with Gasteiger partial charge in [-0.1, -0.05) is 6.07 Å². The lowest BCUT2D eigenvalue weighted by molar-refractivity contribution is -0.385. The van der Waals surface area contributed by atoms with Crippen LogP contribution >= 0.6 is 11.8 Å². The maximum absolute atomic E-state index is 12.3. The Balaban J connectivity index is 1.30. The van der Waals surface area contributed by atoms with Crippen LogP contribution in [0.5, 0.6) is 17.2 Å². The van der Waals surface area contributed by atoms with E-state index in [1.165, 1.54) is 24.9 Å². The molecular formula is C21H22N2O6S. The van der Waals surface area contributed by atoms with Gasteiger partial charge in [-0.2, -0.15) is 0 Å². The number of rotatable bonds is 7. The first-order chi connectivity index (χ1) is 14.5. The maximum atomic E-state index is 12.3. The number of hydrogen-bond donors (Lipinski definition) is 1. The zero-order chi connectivity index (χ0) is 21.1. The van der Waals surface area contributed by atoms with E-state index in [9.17, 15) is 14.9 Å². The maximum Gasteiger partial charge on any atom is 0.311 e. The van der Waals surface area contributed by atoms with Crippen molar-refractivity contribution in [2.45, 2.75) is 37.2 Å². The Labute approximate surface area is 178 Å². The summed E-state index contributed by atoms with van der Waals surface area (Å²) in [4.78, 5) is 22.9. The van der Waals surface area contributed by atoms with Gasteiger partial charge in [-0.05, 0) is 36.6 Å². The average molecular weight is 430 g/mol. The molecule has 0 saturated heterocycles. The van der Waals surface area contributed by atoms with Crippen molar-refractivity contribution in [3.63, 3.8) is 0 Å². The van der Waals surface area contributed by atoms with Crippen molar-refractivity contribution in [2.24, 2.45) is 0 Å². The molecule has 4 rings (SSSR count). The summed E-state index contributed by atoms with van der Waals surface area (Å²) in [7, 11) is 1.39. The van der Waals surface area contributed by atoms with Crippen LogP contribution in [-0.2, 0) is 10.5 Å². The third-order valence-electron chi connectivity index (χ3n) is 5.13.